The van der Waals surface area contributed by atoms with Crippen LogP contribution in [0.5, 0.6) is 0 Å². The number of nitrogens with zero attached hydrogens (tertiary/aromatic N) is 3. The van der Waals surface area contributed by atoms with Crippen molar-refractivity contribution in [2.45, 2.75) is 0 Å². The third-order valence-electron chi connectivity index (χ3n) is 1.45. The molecule has 3 heteroatoms. The van der Waals surface area contributed by atoms with Gasteiger partial charge in [-0.1, -0.05) is 6.07 Å². The summed E-state index contributed by atoms with van der Waals surface area (Å²) in [5.41, 5.74) is 1.28. The number of allylic oxidation sites excluding steroid dienone is 1. The van der Waals surface area contributed by atoms with Crippen LogP contribution < -0.4 is 0 Å². The Balaban J connectivity index is 3.00. The average Bonchev–Trinajstić information content (AvgIpc) is 2.15. The third-order valence-corrected chi connectivity index (χ3v) is 1.45. The second kappa shape index (κ2) is 4.27. The van der Waals surface area contributed by atoms with Crippen molar-refractivity contribution in [1.82, 2.24) is 9.88 Å². The van der Waals surface area contributed by atoms with Crippen LogP contribution in [0.3, 0.4) is 0 Å². The molecule has 1 aromatic rings. The van der Waals surface area contributed by atoms with Gasteiger partial charge >= 0.3 is 0 Å². The maximum absolute atomic E-state index is 8.84. The lowest BCUT2D eigenvalue weighted by Crippen LogP contribution is -2.02. The van der Waals surface area contributed by atoms with E-state index in [1.807, 2.05) is 37.2 Å². The molecule has 0 bridgehead atoms. The van der Waals surface area contributed by atoms with Gasteiger partial charge in [-0.05, 0) is 12.1 Å². The molecule has 0 aliphatic rings. The average molecular weight is 173 g/mol. The number of hydrogen-bond donors (Lipinski definition) is 0. The molecule has 3 nitrogen and oxygen atoms in total. The summed E-state index contributed by atoms with van der Waals surface area (Å²) in [6.45, 7) is 0. The first-order chi connectivity index (χ1) is 6.24. The summed E-state index contributed by atoms with van der Waals surface area (Å²) in [5, 5.41) is 8.84. The van der Waals surface area contributed by atoms with Crippen molar-refractivity contribution in [2.24, 2.45) is 0 Å². The normalized spacial score (nSPS) is 10.7. The van der Waals surface area contributed by atoms with Gasteiger partial charge < -0.3 is 4.90 Å². The summed E-state index contributed by atoms with van der Waals surface area (Å²) in [4.78, 5) is 5.91. The summed E-state index contributed by atoms with van der Waals surface area (Å²) >= 11 is 0. The van der Waals surface area contributed by atoms with Crippen LogP contribution in [0.15, 0.2) is 30.6 Å². The van der Waals surface area contributed by atoms with E-state index in [9.17, 15) is 0 Å². The molecule has 0 amide bonds. The van der Waals surface area contributed by atoms with Gasteiger partial charge in [0.05, 0.1) is 11.3 Å². The molecule has 0 radical (unpaired) electrons. The molecule has 1 heterocycles. The van der Waals surface area contributed by atoms with Crippen molar-refractivity contribution in [3.8, 4) is 6.07 Å². The minimum absolute atomic E-state index is 0.575. The van der Waals surface area contributed by atoms with E-state index in [4.69, 9.17) is 5.26 Å². The first-order valence-electron chi connectivity index (χ1n) is 3.94. The molecule has 0 fully saturated rings. The number of pyridine rings is 1. The number of rotatable bonds is 2. The van der Waals surface area contributed by atoms with Gasteiger partial charge in [0, 0.05) is 26.5 Å². The molecule has 0 saturated heterocycles. The summed E-state index contributed by atoms with van der Waals surface area (Å²) < 4.78 is 0. The molecule has 0 saturated carbocycles. The van der Waals surface area contributed by atoms with Crippen LogP contribution in [0, 0.1) is 11.3 Å². The number of hydrogen-bond acceptors (Lipinski definition) is 3. The van der Waals surface area contributed by atoms with E-state index in [0.29, 0.717) is 11.3 Å². The molecule has 0 aromatic carbocycles. The molecule has 0 unspecified atom stereocenters. The predicted molar refractivity (Wildman–Crippen MR) is 51.5 cm³/mol. The Morgan fingerprint density at radius 1 is 1.54 bits per heavy atom. The highest BCUT2D eigenvalue weighted by Gasteiger charge is 2.00. The van der Waals surface area contributed by atoms with Crippen LogP contribution in [0.4, 0.5) is 0 Å². The molecule has 0 N–H and O–H groups in total. The zero-order valence-corrected chi connectivity index (χ0v) is 7.73. The molecule has 0 aliphatic heterocycles. The van der Waals surface area contributed by atoms with Crippen LogP contribution in [0.2, 0.25) is 0 Å². The fraction of sp³-hybridized carbons (Fsp3) is 0.200. The Kier molecular flexibility index (Phi) is 3.04. The highest BCUT2D eigenvalue weighted by atomic mass is 15.0. The second-order valence-corrected chi connectivity index (χ2v) is 2.83. The molecule has 0 aliphatic carbocycles. The molecule has 0 atom stereocenters. The van der Waals surface area contributed by atoms with Gasteiger partial charge in [-0.15, -0.1) is 0 Å². The largest absolute Gasteiger partial charge is 0.382 e. The molecule has 0 spiro atoms. The van der Waals surface area contributed by atoms with E-state index >= 15 is 0 Å². The Labute approximate surface area is 77.9 Å². The van der Waals surface area contributed by atoms with E-state index in [1.165, 1.54) is 0 Å². The first kappa shape index (κ1) is 9.27. The Hall–Kier alpha value is -1.82. The van der Waals surface area contributed by atoms with Crippen molar-refractivity contribution in [1.29, 1.82) is 5.26 Å². The molecular formula is C10H11N3. The summed E-state index contributed by atoms with van der Waals surface area (Å²) in [6.07, 6.45) is 3.43. The Morgan fingerprint density at radius 2 is 2.31 bits per heavy atom. The molecule has 1 rings (SSSR count). The quantitative estimate of drug-likeness (QED) is 0.636. The summed E-state index contributed by atoms with van der Waals surface area (Å²) in [5.74, 6) is 0. The second-order valence-electron chi connectivity index (χ2n) is 2.83. The Bertz CT molecular complexity index is 333. The van der Waals surface area contributed by atoms with Crippen LogP contribution in [0.1, 0.15) is 5.69 Å². The van der Waals surface area contributed by atoms with Gasteiger partial charge in [-0.2, -0.15) is 5.26 Å². The maximum atomic E-state index is 8.84. The highest BCUT2D eigenvalue weighted by Crippen LogP contribution is 2.09. The van der Waals surface area contributed by atoms with Crippen LogP contribution in [-0.4, -0.2) is 24.0 Å². The van der Waals surface area contributed by atoms with Gasteiger partial charge in [-0.25, -0.2) is 0 Å². The molecule has 1 aromatic heterocycles. The molecule has 13 heavy (non-hydrogen) atoms. The molecular weight excluding hydrogens is 162 g/mol. The van der Waals surface area contributed by atoms with Crippen molar-refractivity contribution in [3.05, 3.63) is 36.3 Å². The van der Waals surface area contributed by atoms with E-state index < -0.39 is 0 Å². The van der Waals surface area contributed by atoms with Crippen molar-refractivity contribution < 1.29 is 0 Å². The van der Waals surface area contributed by atoms with Gasteiger partial charge in [0.1, 0.15) is 6.07 Å². The van der Waals surface area contributed by atoms with Gasteiger partial charge in [0.15, 0.2) is 0 Å². The van der Waals surface area contributed by atoms with E-state index in [2.05, 4.69) is 11.1 Å². The number of nitriles is 1. The van der Waals surface area contributed by atoms with Gasteiger partial charge in [0.25, 0.3) is 0 Å². The number of aromatic nitrogens is 1. The summed E-state index contributed by atoms with van der Waals surface area (Å²) in [6, 6.07) is 7.62. The van der Waals surface area contributed by atoms with Crippen molar-refractivity contribution in [3.63, 3.8) is 0 Å². The van der Waals surface area contributed by atoms with E-state index in [-0.39, 0.29) is 0 Å². The minimum Gasteiger partial charge on any atom is -0.382 e. The SMILES string of the molecule is CN(C)/C=C(\C#N)c1ccccn1. The van der Waals surface area contributed by atoms with Crippen molar-refractivity contribution in [2.75, 3.05) is 14.1 Å². The monoisotopic (exact) mass is 173 g/mol. The fourth-order valence-corrected chi connectivity index (χ4v) is 0.933. The predicted octanol–water partition coefficient (Wildman–Crippen LogP) is 1.51. The first-order valence-corrected chi connectivity index (χ1v) is 3.94. The smallest absolute Gasteiger partial charge is 0.103 e. The fourth-order valence-electron chi connectivity index (χ4n) is 0.933. The molecule has 66 valence electrons. The van der Waals surface area contributed by atoms with Crippen LogP contribution in [-0.2, 0) is 0 Å². The topological polar surface area (TPSA) is 39.9 Å². The van der Waals surface area contributed by atoms with Gasteiger partial charge in [0.2, 0.25) is 0 Å². The standard InChI is InChI=1S/C10H11N3/c1-13(2)8-9(7-11)10-5-3-4-6-12-10/h3-6,8H,1-2H3/b9-8+. The lowest BCUT2D eigenvalue weighted by atomic mass is 10.2. The highest BCUT2D eigenvalue weighted by molar-refractivity contribution is 5.73. The van der Waals surface area contributed by atoms with Crippen molar-refractivity contribution >= 4 is 5.57 Å². The zero-order valence-electron chi connectivity index (χ0n) is 7.73. The summed E-state index contributed by atoms with van der Waals surface area (Å²) in [7, 11) is 3.75. The third kappa shape index (κ3) is 2.60. The van der Waals surface area contributed by atoms with Crippen LogP contribution >= 0.6 is 0 Å². The van der Waals surface area contributed by atoms with Crippen LogP contribution in [0.25, 0.3) is 5.57 Å². The van der Waals surface area contributed by atoms with E-state index in [0.717, 1.165) is 0 Å². The minimum atomic E-state index is 0.575. The zero-order chi connectivity index (χ0) is 9.68. The lowest BCUT2D eigenvalue weighted by Gasteiger charge is -2.05. The maximum Gasteiger partial charge on any atom is 0.103 e. The van der Waals surface area contributed by atoms with E-state index in [1.54, 1.807) is 12.4 Å². The lowest BCUT2D eigenvalue weighted by molar-refractivity contribution is 0.566. The van der Waals surface area contributed by atoms with Gasteiger partial charge in [-0.3, -0.25) is 4.98 Å². The Morgan fingerprint density at radius 3 is 2.77 bits per heavy atom.